The second-order valence-electron chi connectivity index (χ2n) is 4.45. The molecule has 5 unspecified atom stereocenters. The van der Waals surface area contributed by atoms with E-state index in [1.54, 1.807) is 0 Å². The van der Waals surface area contributed by atoms with Gasteiger partial charge in [-0.3, -0.25) is 0 Å². The molecule has 4 rings (SSSR count). The monoisotopic (exact) mass is 155 g/mol. The van der Waals surface area contributed by atoms with Crippen molar-refractivity contribution in [2.45, 2.75) is 44.0 Å². The van der Waals surface area contributed by atoms with Gasteiger partial charge in [0.25, 0.3) is 0 Å². The number of nitrogens with two attached hydrogens (primary N) is 1. The molecule has 0 spiro atoms. The van der Waals surface area contributed by atoms with E-state index >= 15 is 0 Å². The molecule has 11 heavy (non-hydrogen) atoms. The van der Waals surface area contributed by atoms with Gasteiger partial charge in [-0.2, -0.15) is 0 Å². The van der Waals surface area contributed by atoms with Crippen LogP contribution in [0.4, 0.5) is 0 Å². The minimum atomic E-state index is -1.69. The Hall–Kier alpha value is -0.0400. The first-order valence-electron chi connectivity index (χ1n) is 6.59. The van der Waals surface area contributed by atoms with Crippen LogP contribution in [-0.4, -0.2) is 5.54 Å². The van der Waals surface area contributed by atoms with Crippen LogP contribution in [0.1, 0.15) is 43.9 Å². The highest BCUT2D eigenvalue weighted by Gasteiger charge is 2.48. The van der Waals surface area contributed by atoms with E-state index in [4.69, 9.17) is 11.2 Å². The molecule has 5 atom stereocenters. The van der Waals surface area contributed by atoms with Crippen molar-refractivity contribution >= 4 is 0 Å². The molecular weight excluding hydrogens is 134 g/mol. The SMILES string of the molecule is [2H]C1C2CC3CC(N)(C2)C([2H])([2H])C1([2H])C3. The van der Waals surface area contributed by atoms with Crippen LogP contribution in [0.3, 0.4) is 0 Å². The third-order valence-corrected chi connectivity index (χ3v) is 3.27. The summed E-state index contributed by atoms with van der Waals surface area (Å²) in [5.74, 6) is -0.716. The predicted molar refractivity (Wildman–Crippen MR) is 45.1 cm³/mol. The minimum Gasteiger partial charge on any atom is -0.325 e. The first-order valence-corrected chi connectivity index (χ1v) is 4.51. The molecule has 0 saturated heterocycles. The Kier molecular flexibility index (Phi) is 0.625. The average Bonchev–Trinajstić information content (AvgIpc) is 2.11. The van der Waals surface area contributed by atoms with E-state index in [9.17, 15) is 0 Å². The molecule has 0 amide bonds. The molecule has 0 aromatic rings. The Bertz CT molecular complexity index is 321. The van der Waals surface area contributed by atoms with Crippen molar-refractivity contribution < 1.29 is 5.48 Å². The quantitative estimate of drug-likeness (QED) is 0.568. The van der Waals surface area contributed by atoms with Crippen molar-refractivity contribution in [2.75, 3.05) is 0 Å². The van der Waals surface area contributed by atoms with Crippen molar-refractivity contribution in [3.8, 4) is 0 Å². The van der Waals surface area contributed by atoms with Crippen molar-refractivity contribution in [3.05, 3.63) is 0 Å². The summed E-state index contributed by atoms with van der Waals surface area (Å²) in [6.45, 7) is 0. The van der Waals surface area contributed by atoms with Crippen LogP contribution in [0.2, 0.25) is 0 Å². The van der Waals surface area contributed by atoms with Crippen LogP contribution in [0.25, 0.3) is 0 Å². The summed E-state index contributed by atoms with van der Waals surface area (Å²) in [7, 11) is 0. The van der Waals surface area contributed by atoms with Crippen LogP contribution >= 0.6 is 0 Å². The van der Waals surface area contributed by atoms with Crippen LogP contribution in [0, 0.1) is 17.7 Å². The van der Waals surface area contributed by atoms with Gasteiger partial charge in [-0.25, -0.2) is 0 Å². The van der Waals surface area contributed by atoms with Crippen molar-refractivity contribution in [2.24, 2.45) is 23.5 Å². The maximum Gasteiger partial charge on any atom is 0.0304 e. The van der Waals surface area contributed by atoms with Gasteiger partial charge in [-0.05, 0) is 56.2 Å². The molecule has 4 aliphatic carbocycles. The molecule has 4 aliphatic rings. The standard InChI is InChI=1S/C10H17N/c11-10-4-7-1-8(5-10)3-9(2-7)6-10/h7-9H,1-6,11H2/i1D,4D2,7D. The lowest BCUT2D eigenvalue weighted by atomic mass is 9.53. The van der Waals surface area contributed by atoms with Gasteiger partial charge in [0.2, 0.25) is 0 Å². The topological polar surface area (TPSA) is 26.0 Å². The van der Waals surface area contributed by atoms with E-state index in [-0.39, 0.29) is 5.92 Å². The Balaban J connectivity index is 2.13. The fourth-order valence-electron chi connectivity index (χ4n) is 3.12. The third-order valence-electron chi connectivity index (χ3n) is 3.27. The first-order chi connectivity index (χ1) is 6.80. The lowest BCUT2D eigenvalue weighted by Crippen LogP contribution is -2.55. The van der Waals surface area contributed by atoms with Crippen LogP contribution in [0.15, 0.2) is 0 Å². The molecule has 0 aromatic heterocycles. The Morgan fingerprint density at radius 1 is 1.36 bits per heavy atom. The van der Waals surface area contributed by atoms with Crippen LogP contribution in [-0.2, 0) is 0 Å². The van der Waals surface area contributed by atoms with Crippen molar-refractivity contribution in [1.29, 1.82) is 0 Å². The molecule has 0 heterocycles. The summed E-state index contributed by atoms with van der Waals surface area (Å²) >= 11 is 0. The molecule has 62 valence electrons. The molecule has 4 fully saturated rings. The molecule has 1 nitrogen and oxygen atoms in total. The van der Waals surface area contributed by atoms with Crippen LogP contribution < -0.4 is 5.73 Å². The molecule has 1 heteroatoms. The van der Waals surface area contributed by atoms with E-state index < -0.39 is 24.2 Å². The van der Waals surface area contributed by atoms with E-state index in [1.165, 1.54) is 0 Å². The third kappa shape index (κ3) is 0.868. The van der Waals surface area contributed by atoms with Gasteiger partial charge in [0.1, 0.15) is 0 Å². The lowest BCUT2D eigenvalue weighted by Gasteiger charge is -2.55. The zero-order valence-electron chi connectivity index (χ0n) is 10.6. The zero-order valence-corrected chi connectivity index (χ0v) is 6.64. The smallest absolute Gasteiger partial charge is 0.0304 e. The van der Waals surface area contributed by atoms with E-state index in [0.717, 1.165) is 6.42 Å². The minimum absolute atomic E-state index is 0.156. The van der Waals surface area contributed by atoms with Gasteiger partial charge in [-0.15, -0.1) is 0 Å². The maximum absolute atomic E-state index is 8.30. The van der Waals surface area contributed by atoms with Gasteiger partial charge in [0.05, 0.1) is 0 Å². The number of hydrogen-bond donors (Lipinski definition) is 1. The largest absolute Gasteiger partial charge is 0.325 e. The Morgan fingerprint density at radius 3 is 3.09 bits per heavy atom. The first kappa shape index (κ1) is 3.78. The van der Waals surface area contributed by atoms with Crippen LogP contribution in [0.5, 0.6) is 0 Å². The lowest BCUT2D eigenvalue weighted by molar-refractivity contribution is 0.000365. The number of hydrogen-bond acceptors (Lipinski definition) is 1. The summed E-state index contributed by atoms with van der Waals surface area (Å²) in [6.07, 6.45) is 0.559. The number of rotatable bonds is 0. The van der Waals surface area contributed by atoms with Crippen molar-refractivity contribution in [1.82, 2.24) is 0 Å². The summed E-state index contributed by atoms with van der Waals surface area (Å²) in [4.78, 5) is 0. The second kappa shape index (κ2) is 1.82. The van der Waals surface area contributed by atoms with E-state index in [2.05, 4.69) is 0 Å². The highest BCUT2D eigenvalue weighted by Crippen LogP contribution is 2.54. The molecule has 0 radical (unpaired) electrons. The van der Waals surface area contributed by atoms with Gasteiger partial charge >= 0.3 is 0 Å². The molecule has 0 aliphatic heterocycles. The molecule has 4 saturated carbocycles. The molecule has 4 bridgehead atoms. The normalized spacial score (nSPS) is 83.5. The van der Waals surface area contributed by atoms with Gasteiger partial charge in [-0.1, -0.05) is 0 Å². The second-order valence-corrected chi connectivity index (χ2v) is 4.45. The molecular formula is C10H17N. The average molecular weight is 155 g/mol. The maximum atomic E-state index is 8.30. The van der Waals surface area contributed by atoms with E-state index in [1.807, 2.05) is 0 Å². The fourth-order valence-corrected chi connectivity index (χ4v) is 3.12. The fraction of sp³-hybridized carbons (Fsp3) is 1.00. The van der Waals surface area contributed by atoms with Gasteiger partial charge in [0, 0.05) is 11.0 Å². The predicted octanol–water partition coefficient (Wildman–Crippen LogP) is 1.91. The molecule has 0 aromatic carbocycles. The highest BCUT2D eigenvalue weighted by molar-refractivity contribution is 5.04. The van der Waals surface area contributed by atoms with Gasteiger partial charge < -0.3 is 5.73 Å². The van der Waals surface area contributed by atoms with Gasteiger partial charge in [0.15, 0.2) is 0 Å². The highest BCUT2D eigenvalue weighted by atomic mass is 14.8. The summed E-state index contributed by atoms with van der Waals surface area (Å²) < 4.78 is 32.6. The Morgan fingerprint density at radius 2 is 2.18 bits per heavy atom. The zero-order chi connectivity index (χ0) is 11.1. The Labute approximate surface area is 74.0 Å². The van der Waals surface area contributed by atoms with E-state index in [0.29, 0.717) is 25.2 Å². The summed E-state index contributed by atoms with van der Waals surface area (Å²) in [6, 6.07) is 0. The summed E-state index contributed by atoms with van der Waals surface area (Å²) in [5, 5.41) is 0. The summed E-state index contributed by atoms with van der Waals surface area (Å²) in [5.41, 5.74) is 5.33. The molecule has 2 N–H and O–H groups in total. The van der Waals surface area contributed by atoms with Crippen molar-refractivity contribution in [3.63, 3.8) is 0 Å².